The first-order chi connectivity index (χ1) is 10.0. The monoisotopic (exact) mass is 285 g/mol. The topological polar surface area (TPSA) is 37.4 Å². The average Bonchev–Trinajstić information content (AvgIpc) is 2.79. The van der Waals surface area contributed by atoms with E-state index in [1.54, 1.807) is 0 Å². The fourth-order valence-electron chi connectivity index (χ4n) is 4.04. The predicted molar refractivity (Wildman–Crippen MR) is 81.5 cm³/mol. The summed E-state index contributed by atoms with van der Waals surface area (Å²) in [7, 11) is 0. The summed E-state index contributed by atoms with van der Waals surface area (Å²) in [6.45, 7) is 6.83. The second-order valence-corrected chi connectivity index (χ2v) is 6.65. The Morgan fingerprint density at radius 2 is 1.71 bits per heavy atom. The number of hydrogen-bond donors (Lipinski definition) is 0. The highest BCUT2D eigenvalue weighted by atomic mass is 16.2. The number of rotatable bonds is 2. The van der Waals surface area contributed by atoms with Gasteiger partial charge in [-0.2, -0.15) is 0 Å². The first kappa shape index (κ1) is 14.3. The number of ketones is 1. The largest absolute Gasteiger partial charge is 0.335 e. The minimum atomic E-state index is -0.0381. The summed E-state index contributed by atoms with van der Waals surface area (Å²) in [5.74, 6) is 1.17. The molecule has 2 aliphatic rings. The second kappa shape index (κ2) is 5.28. The molecule has 1 aliphatic heterocycles. The molecule has 0 unspecified atom stereocenters. The number of likely N-dealkylation sites (tertiary alicyclic amines) is 1. The molecule has 1 saturated carbocycles. The predicted octanol–water partition coefficient (Wildman–Crippen LogP) is 3.07. The van der Waals surface area contributed by atoms with Crippen molar-refractivity contribution < 1.29 is 9.59 Å². The van der Waals surface area contributed by atoms with Crippen molar-refractivity contribution in [3.8, 4) is 0 Å². The summed E-state index contributed by atoms with van der Waals surface area (Å²) >= 11 is 0. The highest BCUT2D eigenvalue weighted by molar-refractivity contribution is 5.87. The van der Waals surface area contributed by atoms with Crippen molar-refractivity contribution in [3.63, 3.8) is 0 Å². The standard InChI is InChI=1S/C18H23NO2/c1-11-16-10-19(13(3)14-7-5-4-6-8-14)18(21)12(2)15(16)9-17(11)20/h4-8,11-13,15-16H,9-10H2,1-3H3/t11-,12-,13-,15-,16-/m0/s1. The lowest BCUT2D eigenvalue weighted by Crippen LogP contribution is -2.49. The third-order valence-electron chi connectivity index (χ3n) is 5.61. The van der Waals surface area contributed by atoms with Crippen molar-refractivity contribution in [1.29, 1.82) is 0 Å². The van der Waals surface area contributed by atoms with Gasteiger partial charge < -0.3 is 4.90 Å². The Morgan fingerprint density at radius 3 is 2.38 bits per heavy atom. The number of benzene rings is 1. The average molecular weight is 285 g/mol. The van der Waals surface area contributed by atoms with E-state index in [-0.39, 0.29) is 29.7 Å². The summed E-state index contributed by atoms with van der Waals surface area (Å²) in [5, 5.41) is 0. The van der Waals surface area contributed by atoms with Crippen LogP contribution < -0.4 is 0 Å². The van der Waals surface area contributed by atoms with Crippen LogP contribution in [0.25, 0.3) is 0 Å². The zero-order valence-corrected chi connectivity index (χ0v) is 13.0. The van der Waals surface area contributed by atoms with E-state index in [9.17, 15) is 9.59 Å². The normalized spacial score (nSPS) is 34.0. The molecule has 1 aromatic carbocycles. The van der Waals surface area contributed by atoms with Crippen LogP contribution in [-0.4, -0.2) is 23.1 Å². The Morgan fingerprint density at radius 1 is 1.05 bits per heavy atom. The number of piperidine rings is 1. The van der Waals surface area contributed by atoms with Crippen molar-refractivity contribution in [2.75, 3.05) is 6.54 Å². The van der Waals surface area contributed by atoms with E-state index in [1.165, 1.54) is 0 Å². The van der Waals surface area contributed by atoms with Gasteiger partial charge in [-0.05, 0) is 24.3 Å². The van der Waals surface area contributed by atoms with Crippen molar-refractivity contribution in [2.45, 2.75) is 33.2 Å². The van der Waals surface area contributed by atoms with Crippen LogP contribution in [0.3, 0.4) is 0 Å². The summed E-state index contributed by atoms with van der Waals surface area (Å²) in [6.07, 6.45) is 0.590. The van der Waals surface area contributed by atoms with Crippen molar-refractivity contribution in [2.24, 2.45) is 23.7 Å². The molecule has 1 heterocycles. The smallest absolute Gasteiger partial charge is 0.226 e. The van der Waals surface area contributed by atoms with Gasteiger partial charge in [0.2, 0.25) is 5.91 Å². The molecule has 0 N–H and O–H groups in total. The van der Waals surface area contributed by atoms with Gasteiger partial charge in [-0.1, -0.05) is 44.2 Å². The third kappa shape index (κ3) is 2.29. The molecular weight excluding hydrogens is 262 g/mol. The molecule has 21 heavy (non-hydrogen) atoms. The summed E-state index contributed by atoms with van der Waals surface area (Å²) in [6, 6.07) is 10.2. The lowest BCUT2D eigenvalue weighted by Gasteiger charge is -2.42. The quantitative estimate of drug-likeness (QED) is 0.837. The number of fused-ring (bicyclic) bond motifs is 1. The molecule has 5 atom stereocenters. The van der Waals surface area contributed by atoms with Crippen LogP contribution in [0.5, 0.6) is 0 Å². The maximum Gasteiger partial charge on any atom is 0.226 e. The van der Waals surface area contributed by atoms with Crippen LogP contribution in [0.15, 0.2) is 30.3 Å². The minimum Gasteiger partial charge on any atom is -0.335 e. The van der Waals surface area contributed by atoms with Gasteiger partial charge >= 0.3 is 0 Å². The number of nitrogens with zero attached hydrogens (tertiary/aromatic N) is 1. The molecule has 1 aliphatic carbocycles. The number of carbonyl (C=O) groups is 2. The minimum absolute atomic E-state index is 0.0381. The van der Waals surface area contributed by atoms with E-state index in [1.807, 2.05) is 36.9 Å². The van der Waals surface area contributed by atoms with Gasteiger partial charge in [-0.25, -0.2) is 0 Å². The van der Waals surface area contributed by atoms with Crippen LogP contribution in [0.1, 0.15) is 38.8 Å². The Hall–Kier alpha value is -1.64. The van der Waals surface area contributed by atoms with Gasteiger partial charge in [-0.15, -0.1) is 0 Å². The molecule has 2 fully saturated rings. The molecule has 0 spiro atoms. The van der Waals surface area contributed by atoms with E-state index in [2.05, 4.69) is 19.1 Å². The Kier molecular flexibility index (Phi) is 3.60. The Bertz CT molecular complexity index is 554. The molecule has 0 radical (unpaired) electrons. The molecule has 0 aromatic heterocycles. The zero-order valence-electron chi connectivity index (χ0n) is 13.0. The van der Waals surface area contributed by atoms with E-state index < -0.39 is 0 Å². The fourth-order valence-corrected chi connectivity index (χ4v) is 4.04. The third-order valence-corrected chi connectivity index (χ3v) is 5.61. The van der Waals surface area contributed by atoms with Crippen LogP contribution in [0.2, 0.25) is 0 Å². The zero-order chi connectivity index (χ0) is 15.1. The molecule has 3 nitrogen and oxygen atoms in total. The first-order valence-corrected chi connectivity index (χ1v) is 7.89. The van der Waals surface area contributed by atoms with Crippen LogP contribution >= 0.6 is 0 Å². The maximum absolute atomic E-state index is 12.7. The van der Waals surface area contributed by atoms with Crippen LogP contribution in [0.4, 0.5) is 0 Å². The molecule has 1 amide bonds. The summed E-state index contributed by atoms with van der Waals surface area (Å²) in [4.78, 5) is 26.7. The molecule has 0 bridgehead atoms. The van der Waals surface area contributed by atoms with E-state index in [0.29, 0.717) is 18.1 Å². The maximum atomic E-state index is 12.7. The SMILES string of the molecule is C[C@@H]1C(=O)C[C@@H]2[C@H]1CN([C@@H](C)c1ccccc1)C(=O)[C@H]2C. The van der Waals surface area contributed by atoms with Gasteiger partial charge in [0, 0.05) is 24.8 Å². The Labute approximate surface area is 126 Å². The van der Waals surface area contributed by atoms with E-state index in [0.717, 1.165) is 12.1 Å². The van der Waals surface area contributed by atoms with Crippen molar-refractivity contribution in [3.05, 3.63) is 35.9 Å². The summed E-state index contributed by atoms with van der Waals surface area (Å²) in [5.41, 5.74) is 1.16. The number of amides is 1. The molecule has 3 heteroatoms. The number of hydrogen-bond acceptors (Lipinski definition) is 2. The van der Waals surface area contributed by atoms with Crippen LogP contribution in [-0.2, 0) is 9.59 Å². The summed E-state index contributed by atoms with van der Waals surface area (Å²) < 4.78 is 0. The van der Waals surface area contributed by atoms with Gasteiger partial charge in [0.15, 0.2) is 0 Å². The van der Waals surface area contributed by atoms with Gasteiger partial charge in [0.1, 0.15) is 5.78 Å². The van der Waals surface area contributed by atoms with Gasteiger partial charge in [-0.3, -0.25) is 9.59 Å². The molecular formula is C18H23NO2. The lowest BCUT2D eigenvalue weighted by molar-refractivity contribution is -0.146. The molecule has 1 saturated heterocycles. The van der Waals surface area contributed by atoms with E-state index >= 15 is 0 Å². The van der Waals surface area contributed by atoms with Crippen molar-refractivity contribution in [1.82, 2.24) is 4.90 Å². The molecule has 3 rings (SSSR count). The van der Waals surface area contributed by atoms with Crippen LogP contribution in [0, 0.1) is 23.7 Å². The fraction of sp³-hybridized carbons (Fsp3) is 0.556. The Balaban J connectivity index is 1.87. The lowest BCUT2D eigenvalue weighted by atomic mass is 9.77. The molecule has 112 valence electrons. The van der Waals surface area contributed by atoms with Crippen molar-refractivity contribution >= 4 is 11.7 Å². The number of carbonyl (C=O) groups excluding carboxylic acids is 2. The van der Waals surface area contributed by atoms with Gasteiger partial charge in [0.05, 0.1) is 6.04 Å². The van der Waals surface area contributed by atoms with E-state index in [4.69, 9.17) is 0 Å². The highest BCUT2D eigenvalue weighted by Crippen LogP contribution is 2.44. The number of Topliss-reactive ketones (excluding diaryl/α,β-unsaturated/α-hetero) is 1. The molecule has 1 aromatic rings. The van der Waals surface area contributed by atoms with Gasteiger partial charge in [0.25, 0.3) is 0 Å². The second-order valence-electron chi connectivity index (χ2n) is 6.65. The first-order valence-electron chi connectivity index (χ1n) is 7.89. The highest BCUT2D eigenvalue weighted by Gasteiger charge is 2.49.